The topological polar surface area (TPSA) is 20.3 Å². The van der Waals surface area contributed by atoms with Gasteiger partial charge in [-0.2, -0.15) is 0 Å². The van der Waals surface area contributed by atoms with Crippen molar-refractivity contribution < 1.29 is 4.79 Å². The molecule has 0 aliphatic carbocycles. The van der Waals surface area contributed by atoms with Gasteiger partial charge in [-0.05, 0) is 34.6 Å². The Morgan fingerprint density at radius 1 is 1.19 bits per heavy atom. The van der Waals surface area contributed by atoms with Gasteiger partial charge in [0.05, 0.1) is 0 Å². The number of rotatable bonds is 4. The summed E-state index contributed by atoms with van der Waals surface area (Å²) in [5, 5.41) is 1.12. The smallest absolute Gasteiger partial charge is 0.282 e. The molecule has 0 heterocycles. The number of thioether (sulfide) groups is 1. The van der Waals surface area contributed by atoms with E-state index in [1.54, 1.807) is 6.92 Å². The Kier molecular flexibility index (Phi) is 7.53. The first-order chi connectivity index (χ1) is 7.27. The molecule has 0 spiro atoms. The molecule has 2 nitrogen and oxygen atoms in total. The molecule has 0 aromatic carbocycles. The van der Waals surface area contributed by atoms with E-state index in [0.29, 0.717) is 15.8 Å². The third-order valence-electron chi connectivity index (χ3n) is 2.02. The third kappa shape index (κ3) is 5.46. The minimum absolute atomic E-state index is 0.0427. The van der Waals surface area contributed by atoms with E-state index < -0.39 is 0 Å². The number of halogens is 2. The Labute approximate surface area is 112 Å². The fourth-order valence-corrected chi connectivity index (χ4v) is 2.66. The third-order valence-corrected chi connectivity index (χ3v) is 3.81. The van der Waals surface area contributed by atoms with Gasteiger partial charge in [0.1, 0.15) is 0 Å². The number of nitrogens with zero attached hydrogens (tertiary/aromatic N) is 1. The van der Waals surface area contributed by atoms with Crippen molar-refractivity contribution in [3.05, 3.63) is 10.1 Å². The van der Waals surface area contributed by atoms with Crippen LogP contribution in [0.5, 0.6) is 0 Å². The Morgan fingerprint density at radius 2 is 1.62 bits per heavy atom. The summed E-state index contributed by atoms with van der Waals surface area (Å²) in [5.74, 6) is 0.436. The summed E-state index contributed by atoms with van der Waals surface area (Å²) < 4.78 is 0. The van der Waals surface area contributed by atoms with Gasteiger partial charge in [0.15, 0.2) is 0 Å². The van der Waals surface area contributed by atoms with Crippen molar-refractivity contribution in [1.29, 1.82) is 0 Å². The van der Waals surface area contributed by atoms with Crippen molar-refractivity contribution in [2.24, 2.45) is 0 Å². The Balaban J connectivity index is 4.40. The van der Waals surface area contributed by atoms with Crippen LogP contribution >= 0.6 is 35.0 Å². The summed E-state index contributed by atoms with van der Waals surface area (Å²) in [4.78, 5) is 13.7. The van der Waals surface area contributed by atoms with Crippen molar-refractivity contribution in [2.75, 3.05) is 5.75 Å². The van der Waals surface area contributed by atoms with Crippen molar-refractivity contribution in [3.8, 4) is 0 Å². The largest absolute Gasteiger partial charge is 0.329 e. The zero-order chi connectivity index (χ0) is 12.9. The quantitative estimate of drug-likeness (QED) is 0.747. The lowest BCUT2D eigenvalue weighted by atomic mass is 10.2. The van der Waals surface area contributed by atoms with Crippen LogP contribution in [0.1, 0.15) is 34.6 Å². The predicted molar refractivity (Wildman–Crippen MR) is 74.4 cm³/mol. The normalized spacial score (nSPS) is 13.1. The predicted octanol–water partition coefficient (Wildman–Crippen LogP) is 4.67. The molecule has 0 aromatic heterocycles. The van der Waals surface area contributed by atoms with Crippen LogP contribution in [0.25, 0.3) is 0 Å². The van der Waals surface area contributed by atoms with Gasteiger partial charge in [-0.15, -0.1) is 0 Å². The molecule has 0 unspecified atom stereocenters. The van der Waals surface area contributed by atoms with Gasteiger partial charge in [-0.25, -0.2) is 0 Å². The molecule has 5 heteroatoms. The van der Waals surface area contributed by atoms with Crippen LogP contribution in [0.4, 0.5) is 4.79 Å². The second kappa shape index (κ2) is 7.46. The molecule has 0 radical (unpaired) electrons. The zero-order valence-corrected chi connectivity index (χ0v) is 12.7. The second-order valence-corrected chi connectivity index (χ2v) is 6.04. The molecule has 0 atom stereocenters. The summed E-state index contributed by atoms with van der Waals surface area (Å²) in [7, 11) is 0. The molecule has 0 fully saturated rings. The number of allylic oxidation sites excluding steroid dienone is 1. The van der Waals surface area contributed by atoms with E-state index in [1.807, 2.05) is 32.6 Å². The lowest BCUT2D eigenvalue weighted by Gasteiger charge is -2.30. The molecule has 1 amide bonds. The maximum Gasteiger partial charge on any atom is 0.282 e. The zero-order valence-electron chi connectivity index (χ0n) is 10.4. The number of amides is 1. The highest BCUT2D eigenvalue weighted by atomic mass is 35.5. The molecule has 0 aliphatic heterocycles. The average molecular weight is 284 g/mol. The Bertz CT molecular complexity index is 265. The number of hydrogen-bond donors (Lipinski definition) is 0. The standard InChI is InChI=1S/C11H19Cl2NOS/c1-7(2)14(8(3)4)11(15)16-6-10(13)9(5)12/h7-8H,6H2,1-5H3/b10-9-. The molecule has 0 saturated heterocycles. The summed E-state index contributed by atoms with van der Waals surface area (Å²) in [5.41, 5.74) is 0. The molecule has 0 saturated carbocycles. The molecule has 0 aliphatic rings. The second-order valence-electron chi connectivity index (χ2n) is 4.09. The monoisotopic (exact) mass is 283 g/mol. The molecule has 16 heavy (non-hydrogen) atoms. The first-order valence-corrected chi connectivity index (χ1v) is 6.97. The Morgan fingerprint density at radius 3 is 1.94 bits per heavy atom. The van der Waals surface area contributed by atoms with E-state index in [9.17, 15) is 4.79 Å². The van der Waals surface area contributed by atoms with Crippen LogP contribution in [-0.2, 0) is 0 Å². The fraction of sp³-hybridized carbons (Fsp3) is 0.727. The summed E-state index contributed by atoms with van der Waals surface area (Å²) in [6.07, 6.45) is 0. The van der Waals surface area contributed by atoms with Crippen LogP contribution in [0.15, 0.2) is 10.1 Å². The summed E-state index contributed by atoms with van der Waals surface area (Å²) >= 11 is 12.8. The van der Waals surface area contributed by atoms with Gasteiger partial charge >= 0.3 is 0 Å². The van der Waals surface area contributed by atoms with E-state index >= 15 is 0 Å². The van der Waals surface area contributed by atoms with Crippen LogP contribution < -0.4 is 0 Å². The highest BCUT2D eigenvalue weighted by Gasteiger charge is 2.20. The summed E-state index contributed by atoms with van der Waals surface area (Å²) in [6.45, 7) is 9.73. The maximum atomic E-state index is 11.9. The van der Waals surface area contributed by atoms with Gasteiger partial charge in [0.25, 0.3) is 5.24 Å². The van der Waals surface area contributed by atoms with Gasteiger partial charge in [0, 0.05) is 27.9 Å². The molecular weight excluding hydrogens is 265 g/mol. The number of hydrogen-bond acceptors (Lipinski definition) is 2. The molecule has 0 aromatic rings. The minimum atomic E-state index is 0.0427. The molecule has 0 bridgehead atoms. The first-order valence-electron chi connectivity index (χ1n) is 5.23. The van der Waals surface area contributed by atoms with E-state index in [-0.39, 0.29) is 17.3 Å². The fourth-order valence-electron chi connectivity index (χ4n) is 1.32. The van der Waals surface area contributed by atoms with E-state index in [4.69, 9.17) is 23.2 Å². The maximum absolute atomic E-state index is 11.9. The highest BCUT2D eigenvalue weighted by molar-refractivity contribution is 8.13. The van der Waals surface area contributed by atoms with Crippen LogP contribution in [0.2, 0.25) is 0 Å². The molecule has 0 N–H and O–H groups in total. The lowest BCUT2D eigenvalue weighted by molar-refractivity contribution is 0.190. The van der Waals surface area contributed by atoms with Crippen molar-refractivity contribution in [1.82, 2.24) is 4.90 Å². The number of carbonyl (C=O) groups is 1. The van der Waals surface area contributed by atoms with Crippen LogP contribution in [-0.4, -0.2) is 28.0 Å². The van der Waals surface area contributed by atoms with Gasteiger partial charge in [-0.3, -0.25) is 4.79 Å². The Hall–Kier alpha value is 0.140. The van der Waals surface area contributed by atoms with Crippen molar-refractivity contribution in [2.45, 2.75) is 46.7 Å². The van der Waals surface area contributed by atoms with Gasteiger partial charge in [0.2, 0.25) is 0 Å². The van der Waals surface area contributed by atoms with E-state index in [2.05, 4.69) is 0 Å². The van der Waals surface area contributed by atoms with Crippen molar-refractivity contribution in [3.63, 3.8) is 0 Å². The molecular formula is C11H19Cl2NOS. The SMILES string of the molecule is C/C(Cl)=C(/Cl)CSC(=O)N(C(C)C)C(C)C. The average Bonchev–Trinajstić information content (AvgIpc) is 2.12. The highest BCUT2D eigenvalue weighted by Crippen LogP contribution is 2.22. The van der Waals surface area contributed by atoms with Gasteiger partial charge in [-0.1, -0.05) is 35.0 Å². The van der Waals surface area contributed by atoms with Gasteiger partial charge < -0.3 is 4.90 Å². The number of carbonyl (C=O) groups excluding carboxylic acids is 1. The molecule has 94 valence electrons. The van der Waals surface area contributed by atoms with Crippen molar-refractivity contribution >= 4 is 40.2 Å². The van der Waals surface area contributed by atoms with Crippen LogP contribution in [0, 0.1) is 0 Å². The first kappa shape index (κ1) is 16.1. The summed E-state index contributed by atoms with van der Waals surface area (Å²) in [6, 6.07) is 0.389. The minimum Gasteiger partial charge on any atom is -0.329 e. The van der Waals surface area contributed by atoms with Crippen LogP contribution in [0.3, 0.4) is 0 Å². The van der Waals surface area contributed by atoms with E-state index in [1.165, 1.54) is 11.8 Å². The lowest BCUT2D eigenvalue weighted by Crippen LogP contribution is -2.39. The molecule has 0 rings (SSSR count). The van der Waals surface area contributed by atoms with E-state index in [0.717, 1.165) is 0 Å².